The second-order valence-corrected chi connectivity index (χ2v) is 4.85. The maximum Gasteiger partial charge on any atom is 0.355 e. The summed E-state index contributed by atoms with van der Waals surface area (Å²) in [6, 6.07) is 5.07. The van der Waals surface area contributed by atoms with Crippen molar-refractivity contribution < 1.29 is 24.5 Å². The van der Waals surface area contributed by atoms with Gasteiger partial charge < -0.3 is 19.9 Å². The summed E-state index contributed by atoms with van der Waals surface area (Å²) in [6.45, 7) is -0.506. The molecule has 0 unspecified atom stereocenters. The predicted molar refractivity (Wildman–Crippen MR) is 72.9 cm³/mol. The number of carbonyl (C=O) groups is 2. The van der Waals surface area contributed by atoms with Gasteiger partial charge in [0.25, 0.3) is 0 Å². The molecule has 0 radical (unpaired) electrons. The van der Waals surface area contributed by atoms with Gasteiger partial charge in [-0.15, -0.1) is 0 Å². The maximum atomic E-state index is 11.8. The Morgan fingerprint density at radius 2 is 2.00 bits per heavy atom. The first-order valence-corrected chi connectivity index (χ1v) is 6.33. The molecule has 1 aromatic carbocycles. The number of phenolic OH excluding ortho intramolecular Hbond substituents is 2. The van der Waals surface area contributed by atoms with E-state index in [0.29, 0.717) is 4.47 Å². The first-order valence-electron chi connectivity index (χ1n) is 5.53. The van der Waals surface area contributed by atoms with Crippen LogP contribution in [0.15, 0.2) is 34.9 Å². The van der Waals surface area contributed by atoms with Crippen LogP contribution in [0.3, 0.4) is 0 Å². The lowest BCUT2D eigenvalue weighted by atomic mass is 10.1. The van der Waals surface area contributed by atoms with Crippen molar-refractivity contribution in [3.05, 3.63) is 46.2 Å². The molecule has 0 aliphatic carbocycles. The molecular formula is C13H10BrNO5. The van der Waals surface area contributed by atoms with E-state index < -0.39 is 18.4 Å². The summed E-state index contributed by atoms with van der Waals surface area (Å²) in [4.78, 5) is 26.1. The van der Waals surface area contributed by atoms with Gasteiger partial charge in [-0.05, 0) is 34.1 Å². The molecule has 0 spiro atoms. The monoisotopic (exact) mass is 339 g/mol. The number of aromatic hydroxyl groups is 2. The van der Waals surface area contributed by atoms with Crippen molar-refractivity contribution in [2.24, 2.45) is 0 Å². The van der Waals surface area contributed by atoms with Crippen LogP contribution in [0, 0.1) is 0 Å². The van der Waals surface area contributed by atoms with Crippen molar-refractivity contribution in [2.75, 3.05) is 6.61 Å². The van der Waals surface area contributed by atoms with Crippen LogP contribution in [0.2, 0.25) is 0 Å². The molecule has 20 heavy (non-hydrogen) atoms. The summed E-state index contributed by atoms with van der Waals surface area (Å²) in [5.74, 6) is -1.77. The number of esters is 1. The van der Waals surface area contributed by atoms with Crippen LogP contribution in [-0.4, -0.2) is 33.6 Å². The molecule has 0 fully saturated rings. The number of ether oxygens (including phenoxy) is 1. The average molecular weight is 340 g/mol. The third-order valence-electron chi connectivity index (χ3n) is 2.48. The maximum absolute atomic E-state index is 11.8. The Bertz CT molecular complexity index is 665. The van der Waals surface area contributed by atoms with E-state index in [2.05, 4.69) is 20.9 Å². The number of ketones is 1. The molecule has 0 saturated heterocycles. The van der Waals surface area contributed by atoms with E-state index >= 15 is 0 Å². The largest absolute Gasteiger partial charge is 0.508 e. The van der Waals surface area contributed by atoms with E-state index in [1.165, 1.54) is 18.2 Å². The lowest BCUT2D eigenvalue weighted by Gasteiger charge is -2.05. The molecule has 104 valence electrons. The molecule has 3 N–H and O–H groups in total. The first kappa shape index (κ1) is 14.1. The Kier molecular flexibility index (Phi) is 4.09. The minimum Gasteiger partial charge on any atom is -0.508 e. The van der Waals surface area contributed by atoms with Gasteiger partial charge in [0.2, 0.25) is 5.78 Å². The van der Waals surface area contributed by atoms with Gasteiger partial charge in [-0.3, -0.25) is 4.79 Å². The SMILES string of the molecule is O=C(OCC(=O)c1ccc(O)cc1O)c1cc(Br)c[nH]1. The number of benzene rings is 1. The van der Waals surface area contributed by atoms with Crippen LogP contribution in [0.25, 0.3) is 0 Å². The average Bonchev–Trinajstić information content (AvgIpc) is 2.82. The number of carbonyl (C=O) groups excluding carboxylic acids is 2. The number of Topliss-reactive ketones (excluding diaryl/α,β-unsaturated/α-hetero) is 1. The molecule has 0 aliphatic rings. The first-order chi connectivity index (χ1) is 9.47. The number of nitrogens with one attached hydrogen (secondary N) is 1. The van der Waals surface area contributed by atoms with Crippen molar-refractivity contribution in [1.29, 1.82) is 0 Å². The van der Waals surface area contributed by atoms with Gasteiger partial charge in [-0.2, -0.15) is 0 Å². The number of hydrogen-bond acceptors (Lipinski definition) is 5. The highest BCUT2D eigenvalue weighted by molar-refractivity contribution is 9.10. The highest BCUT2D eigenvalue weighted by Crippen LogP contribution is 2.23. The number of aromatic amines is 1. The molecule has 0 bridgehead atoms. The van der Waals surface area contributed by atoms with Crippen molar-refractivity contribution in [1.82, 2.24) is 4.98 Å². The molecule has 2 rings (SSSR count). The number of aromatic nitrogens is 1. The van der Waals surface area contributed by atoms with Gasteiger partial charge in [-0.1, -0.05) is 0 Å². The lowest BCUT2D eigenvalue weighted by molar-refractivity contribution is 0.0468. The minimum atomic E-state index is -0.678. The van der Waals surface area contributed by atoms with Crippen molar-refractivity contribution in [3.8, 4) is 11.5 Å². The Hall–Kier alpha value is -2.28. The second kappa shape index (κ2) is 5.79. The smallest absolute Gasteiger partial charge is 0.355 e. The Balaban J connectivity index is 2.00. The van der Waals surface area contributed by atoms with Gasteiger partial charge in [0.15, 0.2) is 6.61 Å². The molecule has 1 heterocycles. The predicted octanol–water partition coefficient (Wildman–Crippen LogP) is 2.23. The van der Waals surface area contributed by atoms with Gasteiger partial charge in [0.1, 0.15) is 17.2 Å². The summed E-state index contributed by atoms with van der Waals surface area (Å²) < 4.78 is 5.52. The zero-order chi connectivity index (χ0) is 14.7. The number of halogens is 1. The van der Waals surface area contributed by atoms with Gasteiger partial charge in [0.05, 0.1) is 5.56 Å². The Morgan fingerprint density at radius 3 is 2.60 bits per heavy atom. The standard InChI is InChI=1S/C13H10BrNO5/c14-7-3-10(15-5-7)13(19)20-6-12(18)9-2-1-8(16)4-11(9)17/h1-5,15-17H,6H2. The fourth-order valence-corrected chi connectivity index (χ4v) is 1.87. The third kappa shape index (κ3) is 3.18. The highest BCUT2D eigenvalue weighted by Gasteiger charge is 2.16. The summed E-state index contributed by atoms with van der Waals surface area (Å²) in [6.07, 6.45) is 1.56. The summed E-state index contributed by atoms with van der Waals surface area (Å²) in [5.41, 5.74) is 0.183. The van der Waals surface area contributed by atoms with Crippen LogP contribution in [0.1, 0.15) is 20.8 Å². The van der Waals surface area contributed by atoms with Crippen LogP contribution >= 0.6 is 15.9 Å². The molecule has 0 atom stereocenters. The number of rotatable bonds is 4. The molecule has 0 saturated carbocycles. The zero-order valence-electron chi connectivity index (χ0n) is 10.1. The Morgan fingerprint density at radius 1 is 1.25 bits per heavy atom. The van der Waals surface area contributed by atoms with Crippen LogP contribution < -0.4 is 0 Å². The van der Waals surface area contributed by atoms with Crippen LogP contribution in [0.5, 0.6) is 11.5 Å². The summed E-state index contributed by atoms with van der Waals surface area (Å²) in [5, 5.41) is 18.6. The van der Waals surface area contributed by atoms with Gasteiger partial charge >= 0.3 is 5.97 Å². The van der Waals surface area contributed by atoms with E-state index in [0.717, 1.165) is 6.07 Å². The van der Waals surface area contributed by atoms with Gasteiger partial charge in [-0.25, -0.2) is 4.79 Å². The van der Waals surface area contributed by atoms with Crippen LogP contribution in [-0.2, 0) is 4.74 Å². The van der Waals surface area contributed by atoms with E-state index in [9.17, 15) is 14.7 Å². The molecule has 2 aromatic rings. The quantitative estimate of drug-likeness (QED) is 0.585. The number of H-pyrrole nitrogens is 1. The number of phenols is 2. The highest BCUT2D eigenvalue weighted by atomic mass is 79.9. The van der Waals surface area contributed by atoms with Crippen LogP contribution in [0.4, 0.5) is 0 Å². The second-order valence-electron chi connectivity index (χ2n) is 3.93. The minimum absolute atomic E-state index is 0.0248. The van der Waals surface area contributed by atoms with E-state index in [4.69, 9.17) is 9.84 Å². The van der Waals surface area contributed by atoms with Crippen molar-refractivity contribution in [2.45, 2.75) is 0 Å². The van der Waals surface area contributed by atoms with Crippen molar-refractivity contribution in [3.63, 3.8) is 0 Å². The number of hydrogen-bond donors (Lipinski definition) is 3. The summed E-state index contributed by atoms with van der Waals surface area (Å²) >= 11 is 3.17. The van der Waals surface area contributed by atoms with Crippen molar-refractivity contribution >= 4 is 27.7 Å². The fourth-order valence-electron chi connectivity index (χ4n) is 1.53. The lowest BCUT2D eigenvalue weighted by Crippen LogP contribution is -2.14. The van der Waals surface area contributed by atoms with E-state index in [-0.39, 0.29) is 22.8 Å². The topological polar surface area (TPSA) is 99.6 Å². The molecule has 0 aliphatic heterocycles. The molecule has 1 aromatic heterocycles. The zero-order valence-corrected chi connectivity index (χ0v) is 11.7. The third-order valence-corrected chi connectivity index (χ3v) is 2.94. The summed E-state index contributed by atoms with van der Waals surface area (Å²) in [7, 11) is 0. The molecule has 7 heteroatoms. The molecule has 6 nitrogen and oxygen atoms in total. The van der Waals surface area contributed by atoms with E-state index in [1.54, 1.807) is 6.20 Å². The molecule has 0 amide bonds. The van der Waals surface area contributed by atoms with E-state index in [1.807, 2.05) is 0 Å². The van der Waals surface area contributed by atoms with Gasteiger partial charge in [0, 0.05) is 16.7 Å². The fraction of sp³-hybridized carbons (Fsp3) is 0.0769. The Labute approximate surface area is 122 Å². The molecular weight excluding hydrogens is 330 g/mol. The normalized spacial score (nSPS) is 10.2.